The first-order chi connectivity index (χ1) is 8.61. The van der Waals surface area contributed by atoms with Crippen LogP contribution in [-0.2, 0) is 0 Å². The number of aliphatic hydroxyl groups excluding tert-OH is 1. The number of aliphatic hydroxyl groups is 1. The van der Waals surface area contributed by atoms with Crippen LogP contribution in [0.5, 0.6) is 0 Å². The number of aromatic nitrogens is 2. The number of fused-ring (bicyclic) bond motifs is 1. The monoisotopic (exact) mass is 247 g/mol. The number of amides is 1. The Kier molecular flexibility index (Phi) is 3.62. The number of pyridine rings is 1. The van der Waals surface area contributed by atoms with Gasteiger partial charge >= 0.3 is 0 Å². The summed E-state index contributed by atoms with van der Waals surface area (Å²) < 4.78 is 1.79. The van der Waals surface area contributed by atoms with Crippen LogP contribution in [0.4, 0.5) is 0 Å². The predicted octanol–water partition coefficient (Wildman–Crippen LogP) is 1.08. The lowest BCUT2D eigenvalue weighted by Crippen LogP contribution is -2.41. The van der Waals surface area contributed by atoms with Crippen LogP contribution in [0.15, 0.2) is 30.6 Å². The van der Waals surface area contributed by atoms with E-state index in [1.165, 1.54) is 0 Å². The topological polar surface area (TPSA) is 66.6 Å². The van der Waals surface area contributed by atoms with Crippen LogP contribution in [0, 0.1) is 5.92 Å². The van der Waals surface area contributed by atoms with Gasteiger partial charge in [-0.15, -0.1) is 0 Å². The zero-order valence-electron chi connectivity index (χ0n) is 10.5. The number of rotatable bonds is 4. The maximum absolute atomic E-state index is 12.0. The van der Waals surface area contributed by atoms with Crippen LogP contribution in [-0.4, -0.2) is 33.0 Å². The zero-order chi connectivity index (χ0) is 13.1. The van der Waals surface area contributed by atoms with Crippen LogP contribution < -0.4 is 5.32 Å². The Morgan fingerprint density at radius 1 is 1.50 bits per heavy atom. The van der Waals surface area contributed by atoms with Gasteiger partial charge in [-0.3, -0.25) is 4.79 Å². The van der Waals surface area contributed by atoms with Crippen molar-refractivity contribution in [2.45, 2.75) is 19.9 Å². The highest BCUT2D eigenvalue weighted by atomic mass is 16.3. The molecular formula is C13H17N3O2. The molecule has 2 aromatic heterocycles. The number of hydrogen-bond donors (Lipinski definition) is 2. The highest BCUT2D eigenvalue weighted by molar-refractivity contribution is 5.93. The summed E-state index contributed by atoms with van der Waals surface area (Å²) in [6, 6.07) is 5.33. The van der Waals surface area contributed by atoms with Gasteiger partial charge in [0.05, 0.1) is 12.6 Å². The van der Waals surface area contributed by atoms with Crippen molar-refractivity contribution in [1.29, 1.82) is 0 Å². The lowest BCUT2D eigenvalue weighted by molar-refractivity contribution is 0.0892. The minimum atomic E-state index is -0.258. The minimum Gasteiger partial charge on any atom is -0.394 e. The molecule has 0 aliphatic carbocycles. The summed E-state index contributed by atoms with van der Waals surface area (Å²) >= 11 is 0. The molecule has 2 N–H and O–H groups in total. The van der Waals surface area contributed by atoms with E-state index in [2.05, 4.69) is 10.3 Å². The Labute approximate surface area is 105 Å². The number of carbonyl (C=O) groups excluding carboxylic acids is 1. The van der Waals surface area contributed by atoms with Crippen LogP contribution >= 0.6 is 0 Å². The highest BCUT2D eigenvalue weighted by Crippen LogP contribution is 2.06. The van der Waals surface area contributed by atoms with Crippen LogP contribution in [0.1, 0.15) is 24.3 Å². The number of nitrogens with one attached hydrogen (secondary N) is 1. The molecule has 0 saturated carbocycles. The molecule has 2 heterocycles. The molecule has 5 heteroatoms. The molecule has 0 spiro atoms. The Balaban J connectivity index is 2.18. The minimum absolute atomic E-state index is 0.0726. The first-order valence-electron chi connectivity index (χ1n) is 5.97. The molecule has 0 aliphatic heterocycles. The average molecular weight is 247 g/mol. The molecular weight excluding hydrogens is 230 g/mol. The largest absolute Gasteiger partial charge is 0.394 e. The molecule has 1 amide bonds. The zero-order valence-corrected chi connectivity index (χ0v) is 10.5. The number of hydrogen-bond acceptors (Lipinski definition) is 3. The summed E-state index contributed by atoms with van der Waals surface area (Å²) in [6.07, 6.45) is 3.52. The third-order valence-electron chi connectivity index (χ3n) is 2.91. The lowest BCUT2D eigenvalue weighted by atomic mass is 10.1. The molecule has 2 aromatic rings. The molecule has 0 saturated heterocycles. The van der Waals surface area contributed by atoms with Gasteiger partial charge in [-0.2, -0.15) is 0 Å². The highest BCUT2D eigenvalue weighted by Gasteiger charge is 2.18. The summed E-state index contributed by atoms with van der Waals surface area (Å²) in [5, 5.41) is 12.0. The number of carbonyl (C=O) groups is 1. The normalized spacial score (nSPS) is 12.9. The van der Waals surface area contributed by atoms with Gasteiger partial charge < -0.3 is 14.8 Å². The van der Waals surface area contributed by atoms with Gasteiger partial charge in [0.15, 0.2) is 0 Å². The van der Waals surface area contributed by atoms with Crippen molar-refractivity contribution in [3.63, 3.8) is 0 Å². The lowest BCUT2D eigenvalue weighted by Gasteiger charge is -2.18. The summed E-state index contributed by atoms with van der Waals surface area (Å²) in [6.45, 7) is 3.83. The van der Waals surface area contributed by atoms with E-state index in [4.69, 9.17) is 0 Å². The van der Waals surface area contributed by atoms with Gasteiger partial charge in [0.25, 0.3) is 5.91 Å². The van der Waals surface area contributed by atoms with Crippen molar-refractivity contribution >= 4 is 11.6 Å². The molecule has 0 aliphatic rings. The average Bonchev–Trinajstić information content (AvgIpc) is 2.79. The summed E-state index contributed by atoms with van der Waals surface area (Å²) in [5.41, 5.74) is 1.09. The molecule has 5 nitrogen and oxygen atoms in total. The predicted molar refractivity (Wildman–Crippen MR) is 68.4 cm³/mol. The van der Waals surface area contributed by atoms with Gasteiger partial charge in [0.2, 0.25) is 0 Å². The van der Waals surface area contributed by atoms with Crippen molar-refractivity contribution in [2.75, 3.05) is 6.61 Å². The molecule has 1 atom stereocenters. The quantitative estimate of drug-likeness (QED) is 0.849. The molecule has 96 valence electrons. The van der Waals surface area contributed by atoms with E-state index in [-0.39, 0.29) is 24.5 Å². The van der Waals surface area contributed by atoms with Crippen molar-refractivity contribution in [3.05, 3.63) is 36.3 Å². The summed E-state index contributed by atoms with van der Waals surface area (Å²) in [7, 11) is 0. The van der Waals surface area contributed by atoms with Crippen molar-refractivity contribution < 1.29 is 9.90 Å². The molecule has 0 unspecified atom stereocenters. The summed E-state index contributed by atoms with van der Waals surface area (Å²) in [4.78, 5) is 16.2. The Morgan fingerprint density at radius 3 is 2.89 bits per heavy atom. The second-order valence-electron chi connectivity index (χ2n) is 4.60. The SMILES string of the molecule is CC(C)[C@@H](CO)NC(=O)c1cn2ccccc2n1. The fraction of sp³-hybridized carbons (Fsp3) is 0.385. The fourth-order valence-corrected chi connectivity index (χ4v) is 1.71. The van der Waals surface area contributed by atoms with E-state index in [1.54, 1.807) is 10.6 Å². The molecule has 18 heavy (non-hydrogen) atoms. The second-order valence-corrected chi connectivity index (χ2v) is 4.60. The molecule has 0 aromatic carbocycles. The van der Waals surface area contributed by atoms with Gasteiger partial charge in [-0.25, -0.2) is 4.98 Å². The third-order valence-corrected chi connectivity index (χ3v) is 2.91. The first-order valence-corrected chi connectivity index (χ1v) is 5.97. The molecule has 0 radical (unpaired) electrons. The number of imidazole rings is 1. The van der Waals surface area contributed by atoms with Crippen LogP contribution in [0.3, 0.4) is 0 Å². The van der Waals surface area contributed by atoms with E-state index in [0.29, 0.717) is 5.69 Å². The molecule has 2 rings (SSSR count). The Hall–Kier alpha value is -1.88. The van der Waals surface area contributed by atoms with Crippen molar-refractivity contribution in [1.82, 2.24) is 14.7 Å². The smallest absolute Gasteiger partial charge is 0.271 e. The van der Waals surface area contributed by atoms with Gasteiger partial charge in [0.1, 0.15) is 11.3 Å². The van der Waals surface area contributed by atoms with Gasteiger partial charge in [-0.1, -0.05) is 19.9 Å². The molecule has 0 fully saturated rings. The van der Waals surface area contributed by atoms with Crippen LogP contribution in [0.25, 0.3) is 5.65 Å². The number of nitrogens with zero attached hydrogens (tertiary/aromatic N) is 2. The maximum Gasteiger partial charge on any atom is 0.271 e. The third kappa shape index (κ3) is 2.51. The van der Waals surface area contributed by atoms with Crippen LogP contribution in [0.2, 0.25) is 0 Å². The fourth-order valence-electron chi connectivity index (χ4n) is 1.71. The second kappa shape index (κ2) is 5.18. The van der Waals surface area contributed by atoms with E-state index in [1.807, 2.05) is 38.2 Å². The van der Waals surface area contributed by atoms with E-state index in [0.717, 1.165) is 5.65 Å². The van der Waals surface area contributed by atoms with E-state index in [9.17, 15) is 9.90 Å². The van der Waals surface area contributed by atoms with Gasteiger partial charge in [-0.05, 0) is 18.1 Å². The Morgan fingerprint density at radius 2 is 2.28 bits per heavy atom. The summed E-state index contributed by atoms with van der Waals surface area (Å²) in [5.74, 6) is -0.0811. The maximum atomic E-state index is 12.0. The Bertz CT molecular complexity index is 515. The van der Waals surface area contributed by atoms with E-state index >= 15 is 0 Å². The van der Waals surface area contributed by atoms with Crippen molar-refractivity contribution in [2.24, 2.45) is 5.92 Å². The molecule has 0 bridgehead atoms. The van der Waals surface area contributed by atoms with Crippen molar-refractivity contribution in [3.8, 4) is 0 Å². The standard InChI is InChI=1S/C13H17N3O2/c1-9(2)11(8-17)15-13(18)10-7-16-6-4-3-5-12(16)14-10/h3-7,9,11,17H,8H2,1-2H3,(H,15,18)/t11-/m1/s1. The first kappa shape index (κ1) is 12.6. The van der Waals surface area contributed by atoms with E-state index < -0.39 is 0 Å². The van der Waals surface area contributed by atoms with Gasteiger partial charge in [0, 0.05) is 12.4 Å².